The van der Waals surface area contributed by atoms with Crippen molar-refractivity contribution in [1.29, 1.82) is 0 Å². The molecule has 2 saturated heterocycles. The largest absolute Gasteiger partial charge is 0.503 e. The number of nitrogens with zero attached hydrogens (tertiary/aromatic N) is 2. The molecular weight excluding hydrogens is 743 g/mol. The van der Waals surface area contributed by atoms with Gasteiger partial charge < -0.3 is 9.84 Å². The van der Waals surface area contributed by atoms with Crippen molar-refractivity contribution in [2.75, 3.05) is 16.9 Å². The first-order valence-electron chi connectivity index (χ1n) is 16.2. The van der Waals surface area contributed by atoms with Gasteiger partial charge in [0, 0.05) is 16.0 Å². The van der Waals surface area contributed by atoms with Crippen LogP contribution in [0, 0.1) is 23.7 Å². The molecule has 1 saturated carbocycles. The molecule has 6 unspecified atom stereocenters. The number of anilines is 2. The van der Waals surface area contributed by atoms with Gasteiger partial charge in [-0.05, 0) is 100 Å². The summed E-state index contributed by atoms with van der Waals surface area (Å²) >= 11 is 16.0. The fourth-order valence-corrected chi connectivity index (χ4v) is 9.65. The molecule has 0 radical (unpaired) electrons. The van der Waals surface area contributed by atoms with E-state index in [1.807, 2.05) is 36.4 Å². The fourth-order valence-electron chi connectivity index (χ4n) is 8.88. The highest BCUT2D eigenvalue weighted by Gasteiger charge is 2.70. The molecule has 0 spiro atoms. The predicted molar refractivity (Wildman–Crippen MR) is 192 cm³/mol. The Morgan fingerprint density at radius 2 is 1.54 bits per heavy atom. The Bertz CT molecular complexity index is 2140. The minimum atomic E-state index is -1.46. The van der Waals surface area contributed by atoms with E-state index in [-0.39, 0.29) is 36.2 Å². The van der Waals surface area contributed by atoms with E-state index in [2.05, 4.69) is 15.9 Å². The van der Waals surface area contributed by atoms with Crippen molar-refractivity contribution in [2.45, 2.75) is 24.2 Å². The highest BCUT2D eigenvalue weighted by atomic mass is 79.9. The number of halogens is 3. The number of fused-ring (bicyclic) bond motifs is 4. The summed E-state index contributed by atoms with van der Waals surface area (Å²) in [7, 11) is 1.44. The molecule has 2 aliphatic heterocycles. The minimum Gasteiger partial charge on any atom is -0.503 e. The normalized spacial score (nSPS) is 27.2. The molecule has 4 amide bonds. The van der Waals surface area contributed by atoms with Gasteiger partial charge in [0.1, 0.15) is 0 Å². The molecule has 0 bridgehead atoms. The van der Waals surface area contributed by atoms with Crippen LogP contribution in [0.2, 0.25) is 10.0 Å². The van der Waals surface area contributed by atoms with Crippen LogP contribution < -0.4 is 14.5 Å². The number of ether oxygens (including phenoxy) is 1. The van der Waals surface area contributed by atoms with Gasteiger partial charge in [0.2, 0.25) is 23.6 Å². The van der Waals surface area contributed by atoms with E-state index in [1.54, 1.807) is 60.7 Å². The Balaban J connectivity index is 1.37. The molecule has 1 N–H and O–H groups in total. The van der Waals surface area contributed by atoms with Crippen molar-refractivity contribution < 1.29 is 29.0 Å². The first-order valence-corrected chi connectivity index (χ1v) is 17.7. The number of carbonyl (C=O) groups is 4. The number of methoxy groups -OCH3 is 1. The van der Waals surface area contributed by atoms with E-state index in [0.29, 0.717) is 37.0 Å². The van der Waals surface area contributed by atoms with Crippen LogP contribution in [-0.4, -0.2) is 35.8 Å². The molecular formula is C39H29BrCl2N2O6. The van der Waals surface area contributed by atoms with E-state index in [0.717, 1.165) is 5.57 Å². The zero-order valence-electron chi connectivity index (χ0n) is 26.6. The number of aromatic hydroxyl groups is 1. The summed E-state index contributed by atoms with van der Waals surface area (Å²) in [6.45, 7) is 0. The SMILES string of the molecule is COc1cc(C2C3=CCC4C(=O)N(c5ccc(Cl)cc5)C(=O)C4C3CC3C(=O)N(c4cccc(Cl)c4)C(=O)C32c2ccccc2)cc(Br)c1O. The second-order valence-corrected chi connectivity index (χ2v) is 14.9. The third kappa shape index (κ3) is 4.63. The van der Waals surface area contributed by atoms with E-state index in [9.17, 15) is 19.5 Å². The number of phenols is 1. The number of hydrogen-bond donors (Lipinski definition) is 1. The number of phenolic OH excluding ortho intramolecular Hbond substituents is 1. The standard InChI is InChI=1S/C39H29BrCl2N2O6/c1-50-31-17-20(16-30(40)34(31)45)33-26-14-15-27-32(37(48)43(35(27)46)24-12-10-22(41)11-13-24)28(26)19-29-36(47)44(25-9-5-8-23(42)18-25)38(49)39(29,33)21-6-3-2-4-7-21/h2-14,16-18,27-29,32-33,45H,15,19H2,1H3. The minimum absolute atomic E-state index is 0.115. The van der Waals surface area contributed by atoms with Gasteiger partial charge >= 0.3 is 0 Å². The van der Waals surface area contributed by atoms with Crippen molar-refractivity contribution in [3.05, 3.63) is 128 Å². The van der Waals surface area contributed by atoms with Crippen molar-refractivity contribution in [3.63, 3.8) is 0 Å². The first kappa shape index (κ1) is 32.7. The Hall–Kier alpha value is -4.44. The lowest BCUT2D eigenvalue weighted by molar-refractivity contribution is -0.127. The molecule has 3 fully saturated rings. The fraction of sp³-hybridized carbons (Fsp3) is 0.231. The lowest BCUT2D eigenvalue weighted by atomic mass is 9.49. The number of hydrogen-bond acceptors (Lipinski definition) is 6. The summed E-state index contributed by atoms with van der Waals surface area (Å²) < 4.78 is 5.92. The van der Waals surface area contributed by atoms with E-state index >= 15 is 4.79 Å². The van der Waals surface area contributed by atoms with E-state index < -0.39 is 46.8 Å². The summed E-state index contributed by atoms with van der Waals surface area (Å²) in [5.74, 6) is -5.10. The Morgan fingerprint density at radius 1 is 0.800 bits per heavy atom. The third-order valence-electron chi connectivity index (χ3n) is 10.9. The zero-order chi connectivity index (χ0) is 35.1. The van der Waals surface area contributed by atoms with Crippen molar-refractivity contribution >= 4 is 74.1 Å². The number of rotatable bonds is 5. The molecule has 50 heavy (non-hydrogen) atoms. The van der Waals surface area contributed by atoms with Crippen LogP contribution in [-0.2, 0) is 24.6 Å². The average molecular weight is 772 g/mol. The van der Waals surface area contributed by atoms with Crippen molar-refractivity contribution in [1.82, 2.24) is 0 Å². The highest BCUT2D eigenvalue weighted by molar-refractivity contribution is 9.10. The number of imide groups is 2. The van der Waals surface area contributed by atoms with Gasteiger partial charge in [0.25, 0.3) is 0 Å². The van der Waals surface area contributed by atoms with Crippen LogP contribution >= 0.6 is 39.1 Å². The molecule has 8 nitrogen and oxygen atoms in total. The lowest BCUT2D eigenvalue weighted by Crippen LogP contribution is -2.53. The van der Waals surface area contributed by atoms with Gasteiger partial charge in [-0.2, -0.15) is 0 Å². The van der Waals surface area contributed by atoms with Gasteiger partial charge in [-0.1, -0.05) is 71.2 Å². The van der Waals surface area contributed by atoms with Crippen molar-refractivity contribution in [3.8, 4) is 11.5 Å². The molecule has 4 aromatic carbocycles. The van der Waals surface area contributed by atoms with Crippen LogP contribution in [0.4, 0.5) is 11.4 Å². The van der Waals surface area contributed by atoms with E-state index in [4.69, 9.17) is 27.9 Å². The number of benzene rings is 4. The Labute approximate surface area is 306 Å². The maximum absolute atomic E-state index is 15.4. The number of allylic oxidation sites excluding steroid dienone is 2. The van der Waals surface area contributed by atoms with E-state index in [1.165, 1.54) is 16.9 Å². The van der Waals surface area contributed by atoms with Gasteiger partial charge in [-0.3, -0.25) is 24.1 Å². The van der Waals surface area contributed by atoms with Gasteiger partial charge in [0.05, 0.1) is 46.1 Å². The highest BCUT2D eigenvalue weighted by Crippen LogP contribution is 2.65. The summed E-state index contributed by atoms with van der Waals surface area (Å²) in [5, 5.41) is 11.7. The van der Waals surface area contributed by atoms with Crippen molar-refractivity contribution in [2.24, 2.45) is 23.7 Å². The molecule has 2 heterocycles. The van der Waals surface area contributed by atoms with Gasteiger partial charge in [-0.15, -0.1) is 0 Å². The number of carbonyl (C=O) groups excluding carboxylic acids is 4. The summed E-state index contributed by atoms with van der Waals surface area (Å²) in [6.07, 6.45) is 2.42. The second-order valence-electron chi connectivity index (χ2n) is 13.1. The molecule has 252 valence electrons. The van der Waals surface area contributed by atoms with Crippen LogP contribution in [0.1, 0.15) is 29.9 Å². The molecule has 2 aliphatic carbocycles. The second kappa shape index (κ2) is 12.1. The summed E-state index contributed by atoms with van der Waals surface area (Å²) in [6, 6.07) is 25.9. The molecule has 6 atom stereocenters. The average Bonchev–Trinajstić information content (AvgIpc) is 3.50. The zero-order valence-corrected chi connectivity index (χ0v) is 29.7. The van der Waals surface area contributed by atoms with Crippen LogP contribution in [0.15, 0.2) is 107 Å². The lowest BCUT2D eigenvalue weighted by Gasteiger charge is -2.50. The maximum atomic E-state index is 15.4. The maximum Gasteiger partial charge on any atom is 0.246 e. The quantitative estimate of drug-likeness (QED) is 0.164. The van der Waals surface area contributed by atoms with Crippen LogP contribution in [0.5, 0.6) is 11.5 Å². The van der Waals surface area contributed by atoms with Gasteiger partial charge in [0.15, 0.2) is 11.5 Å². The molecule has 4 aliphatic rings. The monoisotopic (exact) mass is 770 g/mol. The summed E-state index contributed by atoms with van der Waals surface area (Å²) in [4.78, 5) is 61.1. The Kier molecular flexibility index (Phi) is 7.93. The predicted octanol–water partition coefficient (Wildman–Crippen LogP) is 7.84. The van der Waals surface area contributed by atoms with Crippen LogP contribution in [0.3, 0.4) is 0 Å². The molecule has 4 aromatic rings. The van der Waals surface area contributed by atoms with Gasteiger partial charge in [-0.25, -0.2) is 4.90 Å². The first-order chi connectivity index (χ1) is 24.1. The topological polar surface area (TPSA) is 104 Å². The smallest absolute Gasteiger partial charge is 0.246 e. The molecule has 8 rings (SSSR count). The van der Waals surface area contributed by atoms with Crippen LogP contribution in [0.25, 0.3) is 0 Å². The Morgan fingerprint density at radius 3 is 2.24 bits per heavy atom. The molecule has 11 heteroatoms. The number of amides is 4. The molecule has 0 aromatic heterocycles. The third-order valence-corrected chi connectivity index (χ3v) is 11.9. The summed E-state index contributed by atoms with van der Waals surface area (Å²) in [5.41, 5.74) is 1.35.